The first-order valence-corrected chi connectivity index (χ1v) is 38.4. The molecule has 3 saturated heterocycles. The molecule has 8 N–H and O–H groups in total. The summed E-state index contributed by atoms with van der Waals surface area (Å²) in [6, 6.07) is 38.4. The monoisotopic (exact) mass is 1630 g/mol. The zero-order chi connectivity index (χ0) is 84.3. The largest absolute Gasteiger partial charge is 0.486 e. The van der Waals surface area contributed by atoms with Gasteiger partial charge in [0.1, 0.15) is 60.6 Å². The number of halogens is 4. The number of carbonyl (C=O) groups excluding carboxylic acids is 6. The van der Waals surface area contributed by atoms with Crippen LogP contribution in [-0.4, -0.2) is 223 Å². The molecule has 8 heterocycles. The van der Waals surface area contributed by atoms with E-state index < -0.39 is 92.9 Å². The topological polar surface area (TPSA) is 436 Å². The Morgan fingerprint density at radius 2 is 1.04 bits per heavy atom. The Hall–Kier alpha value is -13.1. The first-order valence-electron chi connectivity index (χ1n) is 38.4. The van der Waals surface area contributed by atoms with Gasteiger partial charge in [0.15, 0.2) is 36.5 Å². The van der Waals surface area contributed by atoms with Crippen LogP contribution in [0.5, 0.6) is 17.2 Å². The summed E-state index contributed by atoms with van der Waals surface area (Å²) >= 11 is 0. The predicted molar refractivity (Wildman–Crippen MR) is 417 cm³/mol. The number of rotatable bonds is 23. The number of piperidine rings is 3. The van der Waals surface area contributed by atoms with Crippen molar-refractivity contribution in [3.05, 3.63) is 192 Å². The number of aliphatic hydroxyl groups is 5. The fourth-order valence-electron chi connectivity index (χ4n) is 14.6. The van der Waals surface area contributed by atoms with Crippen molar-refractivity contribution >= 4 is 52.5 Å². The van der Waals surface area contributed by atoms with Gasteiger partial charge in [-0.1, -0.05) is 24.3 Å². The van der Waals surface area contributed by atoms with E-state index in [9.17, 15) is 72.3 Å². The third-order valence-corrected chi connectivity index (χ3v) is 21.4. The molecule has 9 aromatic rings. The average molecular weight is 1630 g/mol. The van der Waals surface area contributed by atoms with E-state index >= 15 is 0 Å². The molecule has 3 aliphatic heterocycles. The lowest BCUT2D eigenvalue weighted by Crippen LogP contribution is -2.57. The van der Waals surface area contributed by atoms with Gasteiger partial charge in [-0.15, -0.1) is 0 Å². The highest BCUT2D eigenvalue weighted by Gasteiger charge is 2.50. The van der Waals surface area contributed by atoms with Gasteiger partial charge in [-0.3, -0.25) is 53.1 Å². The van der Waals surface area contributed by atoms with Crippen LogP contribution in [-0.2, 0) is 42.9 Å². The highest BCUT2D eigenvalue weighted by atomic mass is 19.3. The van der Waals surface area contributed by atoms with Crippen molar-refractivity contribution in [3.8, 4) is 69.1 Å². The number of likely N-dealkylation sites (tertiary alicyclic amines) is 3. The number of nitrogens with zero attached hydrogens (tertiary/aromatic N) is 14. The average Bonchev–Trinajstić information content (AvgIpc) is 1.65. The summed E-state index contributed by atoms with van der Waals surface area (Å²) in [7, 11) is 3.63. The van der Waals surface area contributed by atoms with Gasteiger partial charge in [-0.05, 0) is 144 Å². The number of nitriles is 3. The number of amides is 6. The number of ether oxygens (including phenoxy) is 3. The number of hydrogen-bond acceptors (Lipinski definition) is 23. The van der Waals surface area contributed by atoms with Crippen molar-refractivity contribution < 1.29 is 86.1 Å². The molecule has 6 amide bonds. The molecule has 13 atom stereocenters. The number of hydrogen-bond donors (Lipinski definition) is 8. The molecule has 4 aromatic carbocycles. The number of pyridine rings is 3. The molecular weight excluding hydrogens is 1550 g/mol. The fraction of sp³-hybridized carbons (Fsp3) is 0.369. The molecule has 15 rings (SSSR count). The van der Waals surface area contributed by atoms with Crippen molar-refractivity contribution in [3.63, 3.8) is 0 Å². The summed E-state index contributed by atoms with van der Waals surface area (Å²) in [6.07, 6.45) is 4.62. The Kier molecular flexibility index (Phi) is 26.1. The lowest BCUT2D eigenvalue weighted by Gasteiger charge is -2.38. The van der Waals surface area contributed by atoms with Crippen molar-refractivity contribution in [2.75, 3.05) is 75.0 Å². The second kappa shape index (κ2) is 37.0. The van der Waals surface area contributed by atoms with E-state index in [-0.39, 0.29) is 139 Å². The van der Waals surface area contributed by atoms with E-state index in [1.165, 1.54) is 23.2 Å². The first-order chi connectivity index (χ1) is 57.3. The minimum atomic E-state index is -3.46. The van der Waals surface area contributed by atoms with Gasteiger partial charge < -0.3 is 70.4 Å². The van der Waals surface area contributed by atoms with Crippen LogP contribution in [0.3, 0.4) is 0 Å². The molecule has 35 heteroatoms. The molecule has 0 bridgehead atoms. The van der Waals surface area contributed by atoms with Gasteiger partial charge in [-0.2, -0.15) is 26.0 Å². The van der Waals surface area contributed by atoms with Crippen molar-refractivity contribution in [2.45, 2.75) is 105 Å². The van der Waals surface area contributed by atoms with Crippen LogP contribution in [0.15, 0.2) is 159 Å². The number of aliphatic hydroxyl groups excluding tert-OH is 5. The lowest BCUT2D eigenvalue weighted by molar-refractivity contribution is -0.167. The standard InChI is InChI=1S/C29H27F2N5O5.C28H29FN6O5.C27H27FN6O4/c30-29(31)16-36(28(40)24(38)15-37)9-6-26(29)41-25-4-3-17(10-19(25)13-32)23-11-20(5-8-34-23)35-27(39)22-12-21(22)18-2-1-7-33-14-18;1-34-13-18(12-32-34)20-10-21(20)27(38)33-19-4-6-31-23(9-19)16-2-3-25(17(8-16)11-30)40-26-5-7-35(14-22(26)29)28(39)24(37)15-36;1-33-15-30-26(32-33)20-11-21(20)27(37)31-19-4-2-3-16(10-19)17-5-6-23(18(9-17)12-29)38-24-7-8-34(13-22(24)28)25(36)14-35/h1-5,7-8,10-11,14,21-22,24,26,37-38H,6,9,12,15-16H2,(H,34,35,39);2-4,6,8-9,12-13,20-22,24,26,36-37H,5,7,10,14-15H2,1H3,(H,31,33,38);2-6,9-10,15,20-22,24,35H,7-8,11,13-14H2,1H3,(H,31,37)/t21-,22+,24-,26-;20-,21+,22+,24-,26-;20?,21?,22-,24+/m001/s1. The lowest BCUT2D eigenvalue weighted by atomic mass is 10.0. The first kappa shape index (κ1) is 83.8. The van der Waals surface area contributed by atoms with E-state index in [0.717, 1.165) is 44.9 Å². The zero-order valence-corrected chi connectivity index (χ0v) is 64.3. The summed E-state index contributed by atoms with van der Waals surface area (Å²) in [5.74, 6) is -5.01. The predicted octanol–water partition coefficient (Wildman–Crippen LogP) is 6.90. The smallest absolute Gasteiger partial charge is 0.301 e. The van der Waals surface area contributed by atoms with Crippen LogP contribution >= 0.6 is 0 Å². The number of nitrogens with one attached hydrogen (secondary N) is 3. The molecule has 5 aromatic heterocycles. The van der Waals surface area contributed by atoms with Gasteiger partial charge in [-0.25, -0.2) is 22.5 Å². The van der Waals surface area contributed by atoms with E-state index in [2.05, 4.69) is 58.2 Å². The quantitative estimate of drug-likeness (QED) is 0.0302. The summed E-state index contributed by atoms with van der Waals surface area (Å²) in [5.41, 5.74) is 7.95. The molecule has 119 heavy (non-hydrogen) atoms. The molecule has 2 unspecified atom stereocenters. The summed E-state index contributed by atoms with van der Waals surface area (Å²) in [5, 5.41) is 92.4. The summed E-state index contributed by atoms with van der Waals surface area (Å²) < 4.78 is 79.7. The fourth-order valence-corrected chi connectivity index (χ4v) is 14.6. The number of anilines is 3. The second-order valence-electron chi connectivity index (χ2n) is 29.7. The third-order valence-electron chi connectivity index (χ3n) is 21.4. The minimum absolute atomic E-state index is 0.0149. The van der Waals surface area contributed by atoms with E-state index in [1.807, 2.05) is 49.6 Å². The molecule has 616 valence electrons. The maximum Gasteiger partial charge on any atom is 0.301 e. The third kappa shape index (κ3) is 20.3. The van der Waals surface area contributed by atoms with Crippen LogP contribution in [0.4, 0.5) is 34.6 Å². The van der Waals surface area contributed by atoms with E-state index in [1.54, 1.807) is 120 Å². The van der Waals surface area contributed by atoms with Gasteiger partial charge in [0.05, 0.1) is 67.1 Å². The minimum Gasteiger partial charge on any atom is -0.486 e. The molecule has 6 fully saturated rings. The Labute approximate surface area is 679 Å². The van der Waals surface area contributed by atoms with Gasteiger partial charge in [0.25, 0.3) is 11.8 Å². The van der Waals surface area contributed by atoms with Crippen LogP contribution in [0.1, 0.15) is 89.9 Å². The highest BCUT2D eigenvalue weighted by Crippen LogP contribution is 2.50. The SMILES string of the molecule is Cn1cc([C@@H]2C[C@H]2C(=O)Nc2ccnc(-c3ccc(O[C@H]4CCN(C(=O)[C@@H](O)CO)C[C@H]4F)c(C#N)c3)c2)cn1.Cn1cnc(C2CC2C(=O)Nc2cccc(-c3ccc(O[C@H]4CCN(C(=O)CO)C[C@H]4F)c(C#N)c3)c2)n1.N#Cc1cc(-c2cc(NC(=O)[C@@H]3C[C@H]3c3cccnc3)ccn2)ccc1O[C@H]1CCN(C(=O)[C@@H](O)CO)CC1(F)F. The maximum atomic E-state index is 14.8. The van der Waals surface area contributed by atoms with Crippen molar-refractivity contribution in [2.24, 2.45) is 31.8 Å². The normalized spacial score (nSPS) is 22.3. The van der Waals surface area contributed by atoms with Gasteiger partial charge >= 0.3 is 5.92 Å². The number of aryl methyl sites for hydroxylation is 2. The number of benzene rings is 4. The van der Waals surface area contributed by atoms with Gasteiger partial charge in [0, 0.05) is 136 Å². The number of carbonyl (C=O) groups is 6. The Balaban J connectivity index is 0.000000155. The van der Waals surface area contributed by atoms with E-state index in [4.69, 9.17) is 29.5 Å². The Morgan fingerprint density at radius 1 is 0.546 bits per heavy atom. The van der Waals surface area contributed by atoms with Gasteiger partial charge in [0.2, 0.25) is 23.6 Å². The summed E-state index contributed by atoms with van der Waals surface area (Å²) in [6.45, 7) is -3.39. The highest BCUT2D eigenvalue weighted by molar-refractivity contribution is 5.97. The van der Waals surface area contributed by atoms with Crippen molar-refractivity contribution in [1.82, 2.24) is 54.2 Å². The number of aromatic nitrogens is 8. The van der Waals surface area contributed by atoms with Crippen LogP contribution in [0, 0.1) is 51.7 Å². The van der Waals surface area contributed by atoms with Crippen LogP contribution in [0.2, 0.25) is 0 Å². The maximum absolute atomic E-state index is 14.8. The van der Waals surface area contributed by atoms with Crippen LogP contribution in [0.25, 0.3) is 33.6 Å². The molecular formula is C84H83F4N17O14. The van der Waals surface area contributed by atoms with Crippen LogP contribution < -0.4 is 30.2 Å². The second-order valence-corrected chi connectivity index (χ2v) is 29.7. The Bertz CT molecular complexity index is 5370. The molecule has 3 saturated carbocycles. The van der Waals surface area contributed by atoms with E-state index in [0.29, 0.717) is 51.8 Å². The Morgan fingerprint density at radius 3 is 1.55 bits per heavy atom. The van der Waals surface area contributed by atoms with Crippen molar-refractivity contribution in [1.29, 1.82) is 15.8 Å². The zero-order valence-electron chi connectivity index (χ0n) is 64.3. The molecule has 3 aliphatic carbocycles. The number of alkyl halides is 4. The molecule has 31 nitrogen and oxygen atoms in total. The molecule has 0 spiro atoms. The summed E-state index contributed by atoms with van der Waals surface area (Å²) in [4.78, 5) is 94.3. The molecule has 0 radical (unpaired) electrons. The molecule has 6 aliphatic rings.